The van der Waals surface area contributed by atoms with E-state index in [0.29, 0.717) is 5.82 Å². The third-order valence-electron chi connectivity index (χ3n) is 11.8. The number of nitrogens with zero attached hydrogens (tertiary/aromatic N) is 3. The van der Waals surface area contributed by atoms with Crippen molar-refractivity contribution in [2.24, 2.45) is 0 Å². The van der Waals surface area contributed by atoms with Gasteiger partial charge in [-0.25, -0.2) is 15.0 Å². The SMILES string of the molecule is c1ccc(-c2cccc(-c3nc(-c4cccc(-c5cccc(-c6c7c(cc8c(-c9ccccc9)nc9ccccc9c68)oc6ccccc67)c5)c4)c4ccccc4n3)c2)cc1. The van der Waals surface area contributed by atoms with Crippen LogP contribution in [0, 0.1) is 0 Å². The van der Waals surface area contributed by atoms with Crippen LogP contribution in [-0.2, 0) is 0 Å². The molecule has 0 unspecified atom stereocenters. The second-order valence-electron chi connectivity index (χ2n) is 15.5. The lowest BCUT2D eigenvalue weighted by molar-refractivity contribution is 0.669. The highest BCUT2D eigenvalue weighted by molar-refractivity contribution is 6.27. The standard InChI is InChI=1S/C57H35N3O/c1-3-16-36(17-4-1)38-20-15-25-43(34-38)57-59-49-30-11-8-27-45(49)56(60-57)42-24-14-22-40(33-42)39-21-13-23-41(32-39)52-53-44-26-7-10-29-48(44)58-55(37-18-5-2-6-19-37)47(53)35-51-54(52)46-28-9-12-31-50(46)61-51/h1-35H. The molecule has 4 nitrogen and oxygen atoms in total. The maximum absolute atomic E-state index is 6.67. The van der Waals surface area contributed by atoms with Crippen LogP contribution in [0.3, 0.4) is 0 Å². The van der Waals surface area contributed by atoms with Crippen LogP contribution in [0.4, 0.5) is 0 Å². The Morgan fingerprint density at radius 3 is 1.54 bits per heavy atom. The predicted molar refractivity (Wildman–Crippen MR) is 252 cm³/mol. The lowest BCUT2D eigenvalue weighted by Crippen LogP contribution is -1.96. The summed E-state index contributed by atoms with van der Waals surface area (Å²) in [5, 5.41) is 6.51. The summed E-state index contributed by atoms with van der Waals surface area (Å²) in [4.78, 5) is 15.7. The Kier molecular flexibility index (Phi) is 8.13. The molecule has 9 aromatic carbocycles. The van der Waals surface area contributed by atoms with Gasteiger partial charge in [-0.15, -0.1) is 0 Å². The minimum absolute atomic E-state index is 0.697. The predicted octanol–water partition coefficient (Wildman–Crippen LogP) is 15.2. The second-order valence-corrected chi connectivity index (χ2v) is 15.5. The fourth-order valence-electron chi connectivity index (χ4n) is 9.02. The summed E-state index contributed by atoms with van der Waals surface area (Å²) in [6.45, 7) is 0. The fourth-order valence-corrected chi connectivity index (χ4v) is 9.02. The zero-order valence-corrected chi connectivity index (χ0v) is 33.0. The molecule has 12 rings (SSSR count). The maximum Gasteiger partial charge on any atom is 0.160 e. The van der Waals surface area contributed by atoms with E-state index in [1.807, 2.05) is 24.3 Å². The molecule has 0 saturated carbocycles. The van der Waals surface area contributed by atoms with Crippen molar-refractivity contribution < 1.29 is 4.42 Å². The monoisotopic (exact) mass is 777 g/mol. The molecule has 0 atom stereocenters. The largest absolute Gasteiger partial charge is 0.456 e. The Morgan fingerprint density at radius 1 is 0.279 bits per heavy atom. The highest BCUT2D eigenvalue weighted by atomic mass is 16.3. The van der Waals surface area contributed by atoms with Gasteiger partial charge in [-0.2, -0.15) is 0 Å². The Bertz CT molecular complexity index is 3650. The van der Waals surface area contributed by atoms with Crippen molar-refractivity contribution in [2.75, 3.05) is 0 Å². The molecule has 0 aliphatic heterocycles. The molecule has 284 valence electrons. The highest BCUT2D eigenvalue weighted by Gasteiger charge is 2.22. The maximum atomic E-state index is 6.67. The molecule has 0 radical (unpaired) electrons. The van der Waals surface area contributed by atoms with E-state index in [0.717, 1.165) is 116 Å². The van der Waals surface area contributed by atoms with Gasteiger partial charge in [-0.1, -0.05) is 170 Å². The van der Waals surface area contributed by atoms with Gasteiger partial charge in [0.15, 0.2) is 5.82 Å². The van der Waals surface area contributed by atoms with E-state index in [1.165, 1.54) is 0 Å². The number of fused-ring (bicyclic) bond motifs is 7. The smallest absolute Gasteiger partial charge is 0.160 e. The number of aromatic nitrogens is 3. The molecule has 3 aromatic heterocycles. The Hall–Kier alpha value is -8.21. The molecule has 12 aromatic rings. The Balaban J connectivity index is 1.05. The van der Waals surface area contributed by atoms with Gasteiger partial charge in [0.05, 0.1) is 22.4 Å². The lowest BCUT2D eigenvalue weighted by Gasteiger charge is -2.16. The first-order valence-corrected chi connectivity index (χ1v) is 20.6. The number of furan rings is 1. The van der Waals surface area contributed by atoms with E-state index >= 15 is 0 Å². The molecular weight excluding hydrogens is 743 g/mol. The zero-order chi connectivity index (χ0) is 40.3. The topological polar surface area (TPSA) is 51.8 Å². The minimum Gasteiger partial charge on any atom is -0.456 e. The second kappa shape index (κ2) is 14.3. The van der Waals surface area contributed by atoms with Gasteiger partial charge in [0.1, 0.15) is 11.2 Å². The molecule has 0 fully saturated rings. The Labute approximate surface area is 352 Å². The first-order valence-electron chi connectivity index (χ1n) is 20.6. The van der Waals surface area contributed by atoms with Crippen molar-refractivity contribution in [3.05, 3.63) is 212 Å². The minimum atomic E-state index is 0.697. The molecule has 0 spiro atoms. The van der Waals surface area contributed by atoms with E-state index in [2.05, 4.69) is 188 Å². The van der Waals surface area contributed by atoms with E-state index < -0.39 is 0 Å². The number of para-hydroxylation sites is 3. The summed E-state index contributed by atoms with van der Waals surface area (Å²) in [5.41, 5.74) is 15.2. The summed E-state index contributed by atoms with van der Waals surface area (Å²) >= 11 is 0. The average molecular weight is 778 g/mol. The van der Waals surface area contributed by atoms with Crippen molar-refractivity contribution in [3.8, 4) is 67.3 Å². The van der Waals surface area contributed by atoms with E-state index in [9.17, 15) is 0 Å². The first-order chi connectivity index (χ1) is 30.2. The third kappa shape index (κ3) is 5.96. The van der Waals surface area contributed by atoms with Crippen molar-refractivity contribution in [2.45, 2.75) is 0 Å². The van der Waals surface area contributed by atoms with Crippen LogP contribution in [0.25, 0.3) is 122 Å². The van der Waals surface area contributed by atoms with Crippen LogP contribution in [-0.4, -0.2) is 15.0 Å². The van der Waals surface area contributed by atoms with Gasteiger partial charge < -0.3 is 4.42 Å². The van der Waals surface area contributed by atoms with Gasteiger partial charge >= 0.3 is 0 Å². The first kappa shape index (κ1) is 34.8. The van der Waals surface area contributed by atoms with Crippen LogP contribution in [0.5, 0.6) is 0 Å². The number of benzene rings is 9. The van der Waals surface area contributed by atoms with Crippen molar-refractivity contribution in [1.82, 2.24) is 15.0 Å². The number of rotatable bonds is 6. The van der Waals surface area contributed by atoms with E-state index in [4.69, 9.17) is 19.4 Å². The summed E-state index contributed by atoms with van der Waals surface area (Å²) in [5.74, 6) is 0.697. The molecule has 3 heterocycles. The van der Waals surface area contributed by atoms with Crippen molar-refractivity contribution in [3.63, 3.8) is 0 Å². The quantitative estimate of drug-likeness (QED) is 0.158. The van der Waals surface area contributed by atoms with Gasteiger partial charge in [0.2, 0.25) is 0 Å². The molecule has 0 N–H and O–H groups in total. The van der Waals surface area contributed by atoms with Gasteiger partial charge in [0.25, 0.3) is 0 Å². The van der Waals surface area contributed by atoms with Crippen LogP contribution >= 0.6 is 0 Å². The van der Waals surface area contributed by atoms with Gasteiger partial charge in [-0.3, -0.25) is 0 Å². The number of hydrogen-bond acceptors (Lipinski definition) is 4. The van der Waals surface area contributed by atoms with Gasteiger partial charge in [-0.05, 0) is 70.3 Å². The van der Waals surface area contributed by atoms with Crippen molar-refractivity contribution >= 4 is 54.5 Å². The van der Waals surface area contributed by atoms with Crippen LogP contribution in [0.15, 0.2) is 217 Å². The fraction of sp³-hybridized carbons (Fsp3) is 0. The molecule has 4 heteroatoms. The Morgan fingerprint density at radius 2 is 0.787 bits per heavy atom. The van der Waals surface area contributed by atoms with Crippen LogP contribution < -0.4 is 0 Å². The van der Waals surface area contributed by atoms with Crippen LogP contribution in [0.2, 0.25) is 0 Å². The molecule has 61 heavy (non-hydrogen) atoms. The molecular formula is C57H35N3O. The number of pyridine rings is 1. The van der Waals surface area contributed by atoms with Gasteiger partial charge in [0, 0.05) is 54.6 Å². The molecule has 0 bridgehead atoms. The average Bonchev–Trinajstić information content (AvgIpc) is 3.71. The molecule has 0 amide bonds. The van der Waals surface area contributed by atoms with E-state index in [1.54, 1.807) is 0 Å². The highest BCUT2D eigenvalue weighted by Crippen LogP contribution is 2.47. The van der Waals surface area contributed by atoms with E-state index in [-0.39, 0.29) is 0 Å². The molecule has 0 aliphatic carbocycles. The summed E-state index contributed by atoms with van der Waals surface area (Å²) < 4.78 is 6.67. The molecule has 0 saturated heterocycles. The molecule has 0 aliphatic rings. The van der Waals surface area contributed by atoms with Crippen LogP contribution in [0.1, 0.15) is 0 Å². The normalized spacial score (nSPS) is 11.6. The zero-order valence-electron chi connectivity index (χ0n) is 33.0. The number of hydrogen-bond donors (Lipinski definition) is 0. The van der Waals surface area contributed by atoms with Crippen molar-refractivity contribution in [1.29, 1.82) is 0 Å². The summed E-state index contributed by atoms with van der Waals surface area (Å²) in [6.07, 6.45) is 0. The third-order valence-corrected chi connectivity index (χ3v) is 11.8. The summed E-state index contributed by atoms with van der Waals surface area (Å²) in [7, 11) is 0. The lowest BCUT2D eigenvalue weighted by atomic mass is 9.88. The summed E-state index contributed by atoms with van der Waals surface area (Å²) in [6, 6.07) is 74.4.